The van der Waals surface area contributed by atoms with Crippen molar-refractivity contribution in [3.63, 3.8) is 0 Å². The fourth-order valence-electron chi connectivity index (χ4n) is 3.42. The number of morpholine rings is 1. The molecule has 0 atom stereocenters. The molecule has 0 spiro atoms. The van der Waals surface area contributed by atoms with E-state index in [0.717, 1.165) is 52.6 Å². The maximum Gasteiger partial charge on any atom is 0.246 e. The van der Waals surface area contributed by atoms with Crippen LogP contribution in [-0.4, -0.2) is 42.9 Å². The average molecular weight is 413 g/mol. The second-order valence-electron chi connectivity index (χ2n) is 6.89. The predicted octanol–water partition coefficient (Wildman–Crippen LogP) is 3.37. The van der Waals surface area contributed by atoms with E-state index in [1.165, 1.54) is 0 Å². The zero-order valence-corrected chi connectivity index (χ0v) is 17.4. The molecule has 29 heavy (non-hydrogen) atoms. The van der Waals surface area contributed by atoms with E-state index in [2.05, 4.69) is 27.3 Å². The Morgan fingerprint density at radius 1 is 1.31 bits per heavy atom. The van der Waals surface area contributed by atoms with Crippen LogP contribution in [0.15, 0.2) is 39.2 Å². The number of aromatic nitrogens is 1. The molecule has 0 aliphatic carbocycles. The number of thiazole rings is 1. The van der Waals surface area contributed by atoms with E-state index in [0.29, 0.717) is 18.9 Å². The van der Waals surface area contributed by atoms with Gasteiger partial charge in [-0.25, -0.2) is 10.4 Å². The number of nitrogens with one attached hydrogen (secondary N) is 1. The molecule has 0 unspecified atom stereocenters. The number of ether oxygens (including phenoxy) is 1. The summed E-state index contributed by atoms with van der Waals surface area (Å²) in [5.74, 6) is 0.523. The molecule has 1 saturated heterocycles. The van der Waals surface area contributed by atoms with Gasteiger partial charge in [-0.1, -0.05) is 25.1 Å². The predicted molar refractivity (Wildman–Crippen MR) is 115 cm³/mol. The Labute approximate surface area is 173 Å². The molecular weight excluding hydrogens is 388 g/mol. The molecule has 8 heteroatoms. The third-order valence-corrected chi connectivity index (χ3v) is 5.84. The summed E-state index contributed by atoms with van der Waals surface area (Å²) in [4.78, 5) is 19.1. The summed E-state index contributed by atoms with van der Waals surface area (Å²) in [7, 11) is 0. The van der Waals surface area contributed by atoms with Gasteiger partial charge >= 0.3 is 0 Å². The first-order valence-electron chi connectivity index (χ1n) is 9.76. The Morgan fingerprint density at radius 2 is 2.10 bits per heavy atom. The zero-order chi connectivity index (χ0) is 20.2. The molecule has 3 aromatic rings. The lowest BCUT2D eigenvalue weighted by Crippen LogP contribution is -2.36. The Bertz CT molecular complexity index is 1030. The number of para-hydroxylation sites is 1. The van der Waals surface area contributed by atoms with E-state index in [1.807, 2.05) is 36.6 Å². The number of aryl methyl sites for hydroxylation is 1. The highest BCUT2D eigenvalue weighted by molar-refractivity contribution is 7.13. The Hall–Kier alpha value is -2.71. The molecule has 1 fully saturated rings. The summed E-state index contributed by atoms with van der Waals surface area (Å²) in [6, 6.07) is 7.93. The van der Waals surface area contributed by atoms with Crippen molar-refractivity contribution in [3.8, 4) is 0 Å². The first-order chi connectivity index (χ1) is 14.2. The van der Waals surface area contributed by atoms with Gasteiger partial charge in [-0.2, -0.15) is 5.10 Å². The minimum Gasteiger partial charge on any atom is -0.454 e. The average Bonchev–Trinajstić information content (AvgIpc) is 3.37. The molecule has 1 aliphatic heterocycles. The standard InChI is InChI=1S/C21H24N4O3S/c1-3-16-17-6-4-5-7-18(17)28-20(16)14(2)23-24-19(26)12-15-13-29-21(22-15)25-8-10-27-11-9-25/h4-7,13H,3,8-12H2,1-2H3,(H,24,26)/b23-14-. The fraction of sp³-hybridized carbons (Fsp3) is 0.381. The van der Waals surface area contributed by atoms with Crippen molar-refractivity contribution in [3.05, 3.63) is 46.7 Å². The van der Waals surface area contributed by atoms with Gasteiger partial charge in [0.25, 0.3) is 0 Å². The lowest BCUT2D eigenvalue weighted by molar-refractivity contribution is -0.120. The molecular formula is C21H24N4O3S. The third-order valence-electron chi connectivity index (χ3n) is 4.89. The van der Waals surface area contributed by atoms with Crippen molar-refractivity contribution < 1.29 is 13.9 Å². The van der Waals surface area contributed by atoms with Gasteiger partial charge in [0.2, 0.25) is 5.91 Å². The van der Waals surface area contributed by atoms with Gasteiger partial charge in [-0.05, 0) is 19.4 Å². The highest BCUT2D eigenvalue weighted by Crippen LogP contribution is 2.27. The van der Waals surface area contributed by atoms with Crippen molar-refractivity contribution in [2.75, 3.05) is 31.2 Å². The number of hydrogen-bond donors (Lipinski definition) is 1. The van der Waals surface area contributed by atoms with Crippen LogP contribution in [0.5, 0.6) is 0 Å². The largest absolute Gasteiger partial charge is 0.454 e. The van der Waals surface area contributed by atoms with Crippen molar-refractivity contribution in [2.45, 2.75) is 26.7 Å². The van der Waals surface area contributed by atoms with Crippen LogP contribution in [0, 0.1) is 0 Å². The van der Waals surface area contributed by atoms with E-state index in [9.17, 15) is 4.79 Å². The van der Waals surface area contributed by atoms with Crippen LogP contribution in [0.1, 0.15) is 30.9 Å². The molecule has 0 radical (unpaired) electrons. The van der Waals surface area contributed by atoms with E-state index in [1.54, 1.807) is 11.3 Å². The number of hydrazone groups is 1. The minimum absolute atomic E-state index is 0.193. The summed E-state index contributed by atoms with van der Waals surface area (Å²) >= 11 is 1.56. The molecule has 1 aliphatic rings. The summed E-state index contributed by atoms with van der Waals surface area (Å²) in [5, 5.41) is 8.21. The molecule has 4 rings (SSSR count). The van der Waals surface area contributed by atoms with Gasteiger partial charge < -0.3 is 14.1 Å². The van der Waals surface area contributed by atoms with Gasteiger partial charge in [-0.15, -0.1) is 11.3 Å². The van der Waals surface area contributed by atoms with Crippen molar-refractivity contribution >= 4 is 39.1 Å². The number of rotatable bonds is 6. The fourth-order valence-corrected chi connectivity index (χ4v) is 4.30. The maximum absolute atomic E-state index is 12.3. The number of nitrogens with zero attached hydrogens (tertiary/aromatic N) is 3. The summed E-state index contributed by atoms with van der Waals surface area (Å²) in [5.41, 5.74) is 5.97. The Balaban J connectivity index is 1.41. The minimum atomic E-state index is -0.197. The van der Waals surface area contributed by atoms with Crippen LogP contribution < -0.4 is 10.3 Å². The second-order valence-corrected chi connectivity index (χ2v) is 7.73. The van der Waals surface area contributed by atoms with Crippen molar-refractivity contribution in [2.24, 2.45) is 5.10 Å². The van der Waals surface area contributed by atoms with E-state index >= 15 is 0 Å². The van der Waals surface area contributed by atoms with Gasteiger partial charge in [0, 0.05) is 29.4 Å². The number of hydrogen-bond acceptors (Lipinski definition) is 7. The first kappa shape index (κ1) is 19.6. The topological polar surface area (TPSA) is 80.0 Å². The normalized spacial score (nSPS) is 15.1. The molecule has 2 aromatic heterocycles. The molecule has 1 N–H and O–H groups in total. The van der Waals surface area contributed by atoms with Crippen molar-refractivity contribution in [1.29, 1.82) is 0 Å². The molecule has 152 valence electrons. The monoisotopic (exact) mass is 412 g/mol. The van der Waals surface area contributed by atoms with Crippen LogP contribution in [-0.2, 0) is 22.4 Å². The molecule has 3 heterocycles. The first-order valence-corrected chi connectivity index (χ1v) is 10.6. The summed E-state index contributed by atoms with van der Waals surface area (Å²) in [6.45, 7) is 7.02. The number of furan rings is 1. The number of carbonyl (C=O) groups is 1. The molecule has 0 saturated carbocycles. The summed E-state index contributed by atoms with van der Waals surface area (Å²) in [6.07, 6.45) is 1.02. The number of anilines is 1. The second kappa shape index (κ2) is 8.75. The van der Waals surface area contributed by atoms with E-state index in [4.69, 9.17) is 9.15 Å². The molecule has 1 aromatic carbocycles. The number of carbonyl (C=O) groups excluding carboxylic acids is 1. The van der Waals surface area contributed by atoms with E-state index in [-0.39, 0.29) is 12.3 Å². The lowest BCUT2D eigenvalue weighted by atomic mass is 10.1. The van der Waals surface area contributed by atoms with E-state index < -0.39 is 0 Å². The van der Waals surface area contributed by atoms with Crippen LogP contribution in [0.25, 0.3) is 11.0 Å². The molecule has 7 nitrogen and oxygen atoms in total. The highest BCUT2D eigenvalue weighted by atomic mass is 32.1. The van der Waals surface area contributed by atoms with Gasteiger partial charge in [0.05, 0.1) is 25.3 Å². The van der Waals surface area contributed by atoms with Gasteiger partial charge in [-0.3, -0.25) is 4.79 Å². The number of amides is 1. The third kappa shape index (κ3) is 4.33. The number of fused-ring (bicyclic) bond motifs is 1. The zero-order valence-electron chi connectivity index (χ0n) is 16.6. The Morgan fingerprint density at radius 3 is 2.90 bits per heavy atom. The van der Waals surface area contributed by atoms with Crippen molar-refractivity contribution in [1.82, 2.24) is 10.4 Å². The maximum atomic E-state index is 12.3. The number of benzene rings is 1. The van der Waals surface area contributed by atoms with Crippen LogP contribution >= 0.6 is 11.3 Å². The SMILES string of the molecule is CCc1c(/C(C)=N\NC(=O)Cc2csc(N3CCOCC3)n2)oc2ccccc12. The van der Waals surface area contributed by atoms with Crippen LogP contribution in [0.4, 0.5) is 5.13 Å². The van der Waals surface area contributed by atoms with Crippen LogP contribution in [0.2, 0.25) is 0 Å². The van der Waals surface area contributed by atoms with Gasteiger partial charge in [0.1, 0.15) is 11.3 Å². The van der Waals surface area contributed by atoms with Crippen LogP contribution in [0.3, 0.4) is 0 Å². The Kier molecular flexibility index (Phi) is 5.92. The smallest absolute Gasteiger partial charge is 0.246 e. The summed E-state index contributed by atoms with van der Waals surface area (Å²) < 4.78 is 11.3. The molecule has 1 amide bonds. The van der Waals surface area contributed by atoms with Gasteiger partial charge in [0.15, 0.2) is 10.9 Å². The lowest BCUT2D eigenvalue weighted by Gasteiger charge is -2.26. The quantitative estimate of drug-likeness (QED) is 0.496. The molecule has 0 bridgehead atoms. The highest BCUT2D eigenvalue weighted by Gasteiger charge is 2.17.